The van der Waals surface area contributed by atoms with E-state index in [1.165, 1.54) is 24.1 Å². The van der Waals surface area contributed by atoms with Crippen molar-refractivity contribution in [1.82, 2.24) is 20.2 Å². The number of nitrogens with zero attached hydrogens (tertiary/aromatic N) is 3. The zero-order chi connectivity index (χ0) is 18.5. The van der Waals surface area contributed by atoms with E-state index < -0.39 is 0 Å². The van der Waals surface area contributed by atoms with E-state index in [0.717, 1.165) is 29.1 Å². The van der Waals surface area contributed by atoms with Gasteiger partial charge in [0, 0.05) is 29.9 Å². The number of hydrogen-bond donors (Lipinski definition) is 1. The monoisotopic (exact) mass is 372 g/mol. The lowest BCUT2D eigenvalue weighted by Crippen LogP contribution is -2.47. The Labute approximate surface area is 159 Å². The third-order valence-electron chi connectivity index (χ3n) is 5.07. The van der Waals surface area contributed by atoms with Gasteiger partial charge < -0.3 is 10.2 Å². The van der Waals surface area contributed by atoms with E-state index in [-0.39, 0.29) is 12.1 Å². The summed E-state index contributed by atoms with van der Waals surface area (Å²) in [5, 5.41) is 4.22. The van der Waals surface area contributed by atoms with Crippen LogP contribution in [0.4, 0.5) is 4.79 Å². The van der Waals surface area contributed by atoms with Gasteiger partial charge in [-0.3, -0.25) is 4.98 Å². The van der Waals surface area contributed by atoms with Gasteiger partial charge in [0.15, 0.2) is 0 Å². The molecule has 3 rings (SSSR count). The molecular weight excluding hydrogens is 344 g/mol. The van der Waals surface area contributed by atoms with Crippen LogP contribution in [-0.4, -0.2) is 26.9 Å². The molecule has 6 heteroatoms. The number of amides is 2. The molecule has 2 aromatic heterocycles. The van der Waals surface area contributed by atoms with Gasteiger partial charge in [0.2, 0.25) is 0 Å². The third kappa shape index (κ3) is 4.61. The van der Waals surface area contributed by atoms with Crippen LogP contribution < -0.4 is 5.32 Å². The zero-order valence-electron chi connectivity index (χ0n) is 15.9. The Morgan fingerprint density at radius 1 is 1.27 bits per heavy atom. The lowest BCUT2D eigenvalue weighted by molar-refractivity contribution is 0.148. The maximum Gasteiger partial charge on any atom is 0.318 e. The largest absolute Gasteiger partial charge is 0.330 e. The van der Waals surface area contributed by atoms with Crippen molar-refractivity contribution in [3.05, 3.63) is 45.7 Å². The lowest BCUT2D eigenvalue weighted by atomic mass is 9.94. The Balaban J connectivity index is 1.74. The Kier molecular flexibility index (Phi) is 6.25. The van der Waals surface area contributed by atoms with E-state index in [0.29, 0.717) is 12.6 Å². The average Bonchev–Trinajstić information content (AvgIpc) is 2.99. The van der Waals surface area contributed by atoms with Crippen LogP contribution in [0.5, 0.6) is 0 Å². The van der Waals surface area contributed by atoms with E-state index in [9.17, 15) is 4.79 Å². The summed E-state index contributed by atoms with van der Waals surface area (Å²) >= 11 is 1.68. The van der Waals surface area contributed by atoms with Crippen molar-refractivity contribution in [2.24, 2.45) is 0 Å². The van der Waals surface area contributed by atoms with E-state index in [1.54, 1.807) is 23.7 Å². The molecule has 0 bridgehead atoms. The van der Waals surface area contributed by atoms with Crippen LogP contribution in [0.25, 0.3) is 0 Å². The third-order valence-corrected chi connectivity index (χ3v) is 5.97. The molecule has 0 unspecified atom stereocenters. The normalized spacial score (nSPS) is 16.3. The van der Waals surface area contributed by atoms with Crippen LogP contribution in [0.3, 0.4) is 0 Å². The fourth-order valence-electron chi connectivity index (χ4n) is 3.73. The highest BCUT2D eigenvalue weighted by molar-refractivity contribution is 7.11. The summed E-state index contributed by atoms with van der Waals surface area (Å²) in [6.45, 7) is 6.72. The highest BCUT2D eigenvalue weighted by atomic mass is 32.1. The van der Waals surface area contributed by atoms with Gasteiger partial charge in [0.25, 0.3) is 0 Å². The molecule has 5 nitrogen and oxygen atoms in total. The number of hydrogen-bond acceptors (Lipinski definition) is 4. The molecule has 1 fully saturated rings. The molecule has 2 amide bonds. The van der Waals surface area contributed by atoms with Gasteiger partial charge in [-0.1, -0.05) is 19.3 Å². The second-order valence-corrected chi connectivity index (χ2v) is 8.53. The number of carbonyl (C=O) groups is 1. The highest BCUT2D eigenvalue weighted by Crippen LogP contribution is 2.26. The summed E-state index contributed by atoms with van der Waals surface area (Å²) in [6.07, 6.45) is 9.42. The molecule has 1 aliphatic carbocycles. The minimum absolute atomic E-state index is 0.00580. The van der Waals surface area contributed by atoms with Crippen LogP contribution in [0.15, 0.2) is 24.5 Å². The molecule has 0 spiro atoms. The molecule has 0 aliphatic heterocycles. The van der Waals surface area contributed by atoms with Crippen LogP contribution in [0.1, 0.15) is 66.2 Å². The summed E-state index contributed by atoms with van der Waals surface area (Å²) in [5.41, 5.74) is 2.10. The number of nitrogens with one attached hydrogen (secondary N) is 1. The summed E-state index contributed by atoms with van der Waals surface area (Å²) in [7, 11) is 0. The van der Waals surface area contributed by atoms with Crippen molar-refractivity contribution in [2.45, 2.75) is 71.5 Å². The first-order chi connectivity index (χ1) is 12.5. The number of rotatable bonds is 5. The van der Waals surface area contributed by atoms with Crippen LogP contribution >= 0.6 is 11.3 Å². The molecule has 26 heavy (non-hydrogen) atoms. The summed E-state index contributed by atoms with van der Waals surface area (Å²) < 4.78 is 0. The van der Waals surface area contributed by atoms with Gasteiger partial charge in [-0.15, -0.1) is 11.3 Å². The van der Waals surface area contributed by atoms with Crippen molar-refractivity contribution in [3.8, 4) is 0 Å². The maximum absolute atomic E-state index is 13.1. The van der Waals surface area contributed by atoms with Gasteiger partial charge >= 0.3 is 6.03 Å². The van der Waals surface area contributed by atoms with Gasteiger partial charge in [-0.2, -0.15) is 0 Å². The molecule has 2 heterocycles. The molecular formula is C20H28N4OS. The summed E-state index contributed by atoms with van der Waals surface area (Å²) in [4.78, 5) is 25.0. The molecule has 140 valence electrons. The first-order valence-electron chi connectivity index (χ1n) is 9.44. The smallest absolute Gasteiger partial charge is 0.318 e. The number of pyridine rings is 1. The zero-order valence-corrected chi connectivity index (χ0v) is 16.7. The lowest BCUT2D eigenvalue weighted by Gasteiger charge is -2.35. The number of thiazole rings is 1. The van der Waals surface area contributed by atoms with E-state index in [4.69, 9.17) is 0 Å². The fourth-order valence-corrected chi connectivity index (χ4v) is 4.64. The number of urea groups is 1. The van der Waals surface area contributed by atoms with Gasteiger partial charge in [-0.05, 0) is 51.3 Å². The SMILES string of the molecule is Cc1nc([C@H](C)NC(=O)N(Cc2ccncc2)C2CCCCC2)c(C)s1. The van der Waals surface area contributed by atoms with Crippen LogP contribution in [-0.2, 0) is 6.54 Å². The molecule has 0 aromatic carbocycles. The number of aryl methyl sites for hydroxylation is 2. The number of carbonyl (C=O) groups excluding carboxylic acids is 1. The van der Waals surface area contributed by atoms with Crippen molar-refractivity contribution >= 4 is 17.4 Å². The second-order valence-electron chi connectivity index (χ2n) is 7.12. The minimum Gasteiger partial charge on any atom is -0.330 e. The van der Waals surface area contributed by atoms with Crippen molar-refractivity contribution in [1.29, 1.82) is 0 Å². The molecule has 1 aliphatic rings. The Morgan fingerprint density at radius 3 is 2.58 bits per heavy atom. The molecule has 0 saturated heterocycles. The Bertz CT molecular complexity index is 725. The van der Waals surface area contributed by atoms with Crippen molar-refractivity contribution in [2.75, 3.05) is 0 Å². The second kappa shape index (κ2) is 8.62. The molecule has 1 N–H and O–H groups in total. The van der Waals surface area contributed by atoms with Crippen molar-refractivity contribution < 1.29 is 4.79 Å². The number of aromatic nitrogens is 2. The minimum atomic E-state index is -0.0871. The molecule has 2 aromatic rings. The van der Waals surface area contributed by atoms with E-state index in [1.807, 2.05) is 30.9 Å². The van der Waals surface area contributed by atoms with E-state index >= 15 is 0 Å². The first kappa shape index (κ1) is 18.8. The van der Waals surface area contributed by atoms with Crippen LogP contribution in [0, 0.1) is 13.8 Å². The summed E-state index contributed by atoms with van der Waals surface area (Å²) in [6, 6.07) is 4.20. The molecule has 1 saturated carbocycles. The average molecular weight is 373 g/mol. The Morgan fingerprint density at radius 2 is 1.96 bits per heavy atom. The quantitative estimate of drug-likeness (QED) is 0.823. The molecule has 1 atom stereocenters. The predicted octanol–water partition coefficient (Wildman–Crippen LogP) is 4.76. The topological polar surface area (TPSA) is 58.1 Å². The maximum atomic E-state index is 13.1. The molecule has 0 radical (unpaired) electrons. The first-order valence-corrected chi connectivity index (χ1v) is 10.3. The Hall–Kier alpha value is -1.95. The van der Waals surface area contributed by atoms with Gasteiger partial charge in [0.05, 0.1) is 16.7 Å². The van der Waals surface area contributed by atoms with E-state index in [2.05, 4.69) is 22.2 Å². The van der Waals surface area contributed by atoms with Gasteiger partial charge in [0.1, 0.15) is 0 Å². The highest BCUT2D eigenvalue weighted by Gasteiger charge is 2.27. The van der Waals surface area contributed by atoms with Gasteiger partial charge in [-0.25, -0.2) is 9.78 Å². The standard InChI is InChI=1S/C20H28N4OS/c1-14(19-15(2)26-16(3)23-19)22-20(25)24(18-7-5-4-6-8-18)13-17-9-11-21-12-10-17/h9-12,14,18H,4-8,13H2,1-3H3,(H,22,25)/t14-/m0/s1. The van der Waals surface area contributed by atoms with Crippen LogP contribution in [0.2, 0.25) is 0 Å². The predicted molar refractivity (Wildman–Crippen MR) is 105 cm³/mol. The summed E-state index contributed by atoms with van der Waals surface area (Å²) in [5.74, 6) is 0. The fraction of sp³-hybridized carbons (Fsp3) is 0.550. The van der Waals surface area contributed by atoms with Crippen molar-refractivity contribution in [3.63, 3.8) is 0 Å².